The van der Waals surface area contributed by atoms with E-state index in [1.54, 1.807) is 19.3 Å². The van der Waals surface area contributed by atoms with Crippen molar-refractivity contribution in [1.29, 1.82) is 0 Å². The SMILES string of the molecule is CCc1nn2c(-c3ccc(Cl)cc3Cl)ccnc2c1C(C)CCC(=O)NC. The average molecular weight is 405 g/mol. The van der Waals surface area contributed by atoms with Gasteiger partial charge in [-0.15, -0.1) is 0 Å². The molecular formula is C20H22Cl2N4O. The molecule has 1 aromatic carbocycles. The van der Waals surface area contributed by atoms with Crippen LogP contribution in [0.15, 0.2) is 30.5 Å². The second-order valence-electron chi connectivity index (χ2n) is 6.52. The number of aromatic nitrogens is 3. The molecule has 2 aromatic heterocycles. The molecule has 142 valence electrons. The first kappa shape index (κ1) is 19.6. The van der Waals surface area contributed by atoms with Crippen molar-refractivity contribution in [2.24, 2.45) is 0 Å². The Hall–Kier alpha value is -2.11. The molecule has 2 heterocycles. The van der Waals surface area contributed by atoms with Crippen LogP contribution in [-0.4, -0.2) is 27.6 Å². The molecule has 0 saturated heterocycles. The summed E-state index contributed by atoms with van der Waals surface area (Å²) < 4.78 is 1.85. The Morgan fingerprint density at radius 1 is 1.30 bits per heavy atom. The maximum absolute atomic E-state index is 11.6. The Kier molecular flexibility index (Phi) is 6.02. The summed E-state index contributed by atoms with van der Waals surface area (Å²) in [6.07, 6.45) is 3.77. The Labute approximate surface area is 168 Å². The molecule has 27 heavy (non-hydrogen) atoms. The van der Waals surface area contributed by atoms with Gasteiger partial charge in [0.25, 0.3) is 0 Å². The van der Waals surface area contributed by atoms with Gasteiger partial charge >= 0.3 is 0 Å². The standard InChI is InChI=1S/C20H22Cl2N4O/c1-4-16-19(12(2)5-8-18(27)23-3)20-24-10-9-17(26(20)25-16)14-7-6-13(21)11-15(14)22/h6-7,9-12H,4-5,8H2,1-3H3,(H,23,27). The van der Waals surface area contributed by atoms with Crippen LogP contribution >= 0.6 is 23.2 Å². The van der Waals surface area contributed by atoms with Crippen molar-refractivity contribution in [3.63, 3.8) is 0 Å². The van der Waals surface area contributed by atoms with Crippen LogP contribution in [0.1, 0.15) is 43.9 Å². The predicted octanol–water partition coefficient (Wildman–Crippen LogP) is 4.90. The number of halogens is 2. The second kappa shape index (κ2) is 8.28. The van der Waals surface area contributed by atoms with Gasteiger partial charge in [-0.1, -0.05) is 37.0 Å². The van der Waals surface area contributed by atoms with Crippen molar-refractivity contribution in [3.8, 4) is 11.3 Å². The molecule has 0 bridgehead atoms. The van der Waals surface area contributed by atoms with Crippen molar-refractivity contribution in [2.45, 2.75) is 39.0 Å². The zero-order valence-corrected chi connectivity index (χ0v) is 17.1. The van der Waals surface area contributed by atoms with Gasteiger partial charge in [-0.25, -0.2) is 9.50 Å². The summed E-state index contributed by atoms with van der Waals surface area (Å²) in [7, 11) is 1.66. The molecular weight excluding hydrogens is 383 g/mol. The van der Waals surface area contributed by atoms with E-state index in [0.29, 0.717) is 16.5 Å². The summed E-state index contributed by atoms with van der Waals surface area (Å²) in [5.41, 5.74) is 4.60. The number of nitrogens with one attached hydrogen (secondary N) is 1. The normalized spacial score (nSPS) is 12.3. The molecule has 0 fully saturated rings. The third-order valence-electron chi connectivity index (χ3n) is 4.75. The average Bonchev–Trinajstić information content (AvgIpc) is 3.04. The highest BCUT2D eigenvalue weighted by Crippen LogP contribution is 2.33. The monoisotopic (exact) mass is 404 g/mol. The molecule has 0 spiro atoms. The van der Waals surface area contributed by atoms with E-state index in [-0.39, 0.29) is 11.8 Å². The molecule has 1 N–H and O–H groups in total. The zero-order chi connectivity index (χ0) is 19.6. The Morgan fingerprint density at radius 3 is 2.74 bits per heavy atom. The minimum atomic E-state index is 0.0398. The lowest BCUT2D eigenvalue weighted by Crippen LogP contribution is -2.18. The van der Waals surface area contributed by atoms with Gasteiger partial charge in [0.1, 0.15) is 0 Å². The topological polar surface area (TPSA) is 59.3 Å². The van der Waals surface area contributed by atoms with Crippen LogP contribution in [0.25, 0.3) is 16.9 Å². The van der Waals surface area contributed by atoms with Gasteiger partial charge in [-0.2, -0.15) is 5.10 Å². The molecule has 0 aliphatic heterocycles. The summed E-state index contributed by atoms with van der Waals surface area (Å²) >= 11 is 12.5. The van der Waals surface area contributed by atoms with Gasteiger partial charge in [-0.05, 0) is 43.0 Å². The number of aryl methyl sites for hydroxylation is 1. The van der Waals surface area contributed by atoms with E-state index in [9.17, 15) is 4.79 Å². The van der Waals surface area contributed by atoms with Gasteiger partial charge in [-0.3, -0.25) is 4.79 Å². The van der Waals surface area contributed by atoms with Gasteiger partial charge in [0, 0.05) is 35.8 Å². The molecule has 5 nitrogen and oxygen atoms in total. The van der Waals surface area contributed by atoms with Crippen molar-refractivity contribution >= 4 is 34.8 Å². The molecule has 1 unspecified atom stereocenters. The molecule has 0 radical (unpaired) electrons. The number of benzene rings is 1. The Balaban J connectivity index is 2.10. The van der Waals surface area contributed by atoms with Crippen LogP contribution in [0.2, 0.25) is 10.0 Å². The van der Waals surface area contributed by atoms with Crippen molar-refractivity contribution in [2.75, 3.05) is 7.05 Å². The smallest absolute Gasteiger partial charge is 0.219 e. The first-order valence-electron chi connectivity index (χ1n) is 8.98. The summed E-state index contributed by atoms with van der Waals surface area (Å²) in [4.78, 5) is 16.2. The van der Waals surface area contributed by atoms with Crippen LogP contribution in [0.4, 0.5) is 0 Å². The van der Waals surface area contributed by atoms with Gasteiger partial charge in [0.15, 0.2) is 5.65 Å². The molecule has 7 heteroatoms. The maximum atomic E-state index is 11.6. The Bertz CT molecular complexity index is 984. The molecule has 3 aromatic rings. The summed E-state index contributed by atoms with van der Waals surface area (Å²) in [6, 6.07) is 7.32. The second-order valence-corrected chi connectivity index (χ2v) is 7.36. The third-order valence-corrected chi connectivity index (χ3v) is 5.30. The first-order valence-corrected chi connectivity index (χ1v) is 9.74. The molecule has 0 aliphatic rings. The molecule has 0 saturated carbocycles. The van der Waals surface area contributed by atoms with E-state index in [4.69, 9.17) is 28.3 Å². The number of hydrogen-bond acceptors (Lipinski definition) is 3. The fraction of sp³-hybridized carbons (Fsp3) is 0.350. The van der Waals surface area contributed by atoms with Crippen molar-refractivity contribution in [3.05, 3.63) is 51.8 Å². The fourth-order valence-corrected chi connectivity index (χ4v) is 3.80. The maximum Gasteiger partial charge on any atom is 0.219 e. The predicted molar refractivity (Wildman–Crippen MR) is 110 cm³/mol. The highest BCUT2D eigenvalue weighted by Gasteiger charge is 2.21. The third kappa shape index (κ3) is 3.94. The number of amides is 1. The van der Waals surface area contributed by atoms with E-state index in [1.807, 2.05) is 22.7 Å². The van der Waals surface area contributed by atoms with Crippen molar-refractivity contribution < 1.29 is 4.79 Å². The molecule has 0 aliphatic carbocycles. The van der Waals surface area contributed by atoms with Crippen LogP contribution < -0.4 is 5.32 Å². The van der Waals surface area contributed by atoms with Gasteiger partial charge < -0.3 is 5.32 Å². The Morgan fingerprint density at radius 2 is 2.07 bits per heavy atom. The largest absolute Gasteiger partial charge is 0.359 e. The highest BCUT2D eigenvalue weighted by atomic mass is 35.5. The summed E-state index contributed by atoms with van der Waals surface area (Å²) in [5, 5.41) is 8.63. The minimum Gasteiger partial charge on any atom is -0.359 e. The summed E-state index contributed by atoms with van der Waals surface area (Å²) in [5.74, 6) is 0.205. The number of carbonyl (C=O) groups excluding carboxylic acids is 1. The van der Waals surface area contributed by atoms with Crippen LogP contribution in [-0.2, 0) is 11.2 Å². The van der Waals surface area contributed by atoms with E-state index >= 15 is 0 Å². The fourth-order valence-electron chi connectivity index (χ4n) is 3.29. The number of rotatable bonds is 6. The van der Waals surface area contributed by atoms with Crippen LogP contribution in [0.5, 0.6) is 0 Å². The zero-order valence-electron chi connectivity index (χ0n) is 15.6. The van der Waals surface area contributed by atoms with E-state index < -0.39 is 0 Å². The molecule has 1 atom stereocenters. The molecule has 3 rings (SSSR count). The number of nitrogens with zero attached hydrogens (tertiary/aromatic N) is 3. The lowest BCUT2D eigenvalue weighted by Gasteiger charge is -2.12. The quantitative estimate of drug-likeness (QED) is 0.635. The number of hydrogen-bond donors (Lipinski definition) is 1. The van der Waals surface area contributed by atoms with E-state index in [1.165, 1.54) is 0 Å². The van der Waals surface area contributed by atoms with Crippen molar-refractivity contribution in [1.82, 2.24) is 19.9 Å². The van der Waals surface area contributed by atoms with Gasteiger partial charge in [0.05, 0.1) is 16.4 Å². The molecule has 1 amide bonds. The van der Waals surface area contributed by atoms with Crippen LogP contribution in [0.3, 0.4) is 0 Å². The minimum absolute atomic E-state index is 0.0398. The lowest BCUT2D eigenvalue weighted by atomic mass is 9.95. The lowest BCUT2D eigenvalue weighted by molar-refractivity contribution is -0.120. The highest BCUT2D eigenvalue weighted by molar-refractivity contribution is 6.36. The van der Waals surface area contributed by atoms with Crippen LogP contribution in [0, 0.1) is 0 Å². The number of carbonyl (C=O) groups is 1. The van der Waals surface area contributed by atoms with E-state index in [0.717, 1.165) is 41.0 Å². The van der Waals surface area contributed by atoms with Gasteiger partial charge in [0.2, 0.25) is 5.91 Å². The first-order chi connectivity index (χ1) is 13.0. The number of fused-ring (bicyclic) bond motifs is 1. The summed E-state index contributed by atoms with van der Waals surface area (Å²) in [6.45, 7) is 4.19. The van der Waals surface area contributed by atoms with E-state index in [2.05, 4.69) is 24.1 Å².